The van der Waals surface area contributed by atoms with Crippen LogP contribution in [0.1, 0.15) is 80.7 Å². The third kappa shape index (κ3) is 3.85. The highest BCUT2D eigenvalue weighted by atomic mass is 32.1. The molecule has 0 unspecified atom stereocenters. The quantitative estimate of drug-likeness (QED) is 0.706. The van der Waals surface area contributed by atoms with Crippen LogP contribution in [0.4, 0.5) is 0 Å². The van der Waals surface area contributed by atoms with E-state index in [-0.39, 0.29) is 11.3 Å². The highest BCUT2D eigenvalue weighted by Crippen LogP contribution is 2.60. The van der Waals surface area contributed by atoms with E-state index in [2.05, 4.69) is 17.2 Å². The third-order valence-electron chi connectivity index (χ3n) is 6.92. The van der Waals surface area contributed by atoms with Crippen molar-refractivity contribution in [2.75, 3.05) is 13.1 Å². The van der Waals surface area contributed by atoms with Crippen molar-refractivity contribution < 1.29 is 9.59 Å². The number of thiazole rings is 1. The van der Waals surface area contributed by atoms with Gasteiger partial charge in [-0.2, -0.15) is 0 Å². The first kappa shape index (κ1) is 19.9. The fourth-order valence-corrected chi connectivity index (χ4v) is 7.00. The maximum absolute atomic E-state index is 13.7. The van der Waals surface area contributed by atoms with Gasteiger partial charge < -0.3 is 10.2 Å². The predicted octanol–water partition coefficient (Wildman–Crippen LogP) is 4.24. The molecular formula is C22H33N3O2S. The van der Waals surface area contributed by atoms with Gasteiger partial charge in [-0.1, -0.05) is 13.8 Å². The first-order valence-corrected chi connectivity index (χ1v) is 11.9. The van der Waals surface area contributed by atoms with Gasteiger partial charge in [0.1, 0.15) is 10.7 Å². The number of hydrogen-bond donors (Lipinski definition) is 1. The Morgan fingerprint density at radius 2 is 1.79 bits per heavy atom. The van der Waals surface area contributed by atoms with Crippen molar-refractivity contribution in [2.45, 2.75) is 71.8 Å². The van der Waals surface area contributed by atoms with Crippen molar-refractivity contribution >= 4 is 23.2 Å². The number of amides is 2. The van der Waals surface area contributed by atoms with Crippen molar-refractivity contribution in [2.24, 2.45) is 23.2 Å². The lowest BCUT2D eigenvalue weighted by atomic mass is 9.49. The summed E-state index contributed by atoms with van der Waals surface area (Å²) in [7, 11) is 0. The van der Waals surface area contributed by atoms with Gasteiger partial charge in [0.2, 0.25) is 5.91 Å². The summed E-state index contributed by atoms with van der Waals surface area (Å²) in [4.78, 5) is 32.4. The molecule has 1 aromatic heterocycles. The number of nitrogens with one attached hydrogen (secondary N) is 1. The minimum Gasteiger partial charge on any atom is -0.351 e. The van der Waals surface area contributed by atoms with Crippen LogP contribution in [-0.4, -0.2) is 34.8 Å². The van der Waals surface area contributed by atoms with E-state index in [1.165, 1.54) is 30.6 Å². The van der Waals surface area contributed by atoms with Crippen molar-refractivity contribution in [1.29, 1.82) is 0 Å². The molecule has 1 aromatic rings. The van der Waals surface area contributed by atoms with Crippen molar-refractivity contribution in [1.82, 2.24) is 15.2 Å². The summed E-state index contributed by atoms with van der Waals surface area (Å²) in [5.74, 6) is 2.56. The van der Waals surface area contributed by atoms with Crippen LogP contribution in [0.25, 0.3) is 0 Å². The zero-order valence-corrected chi connectivity index (χ0v) is 18.0. The molecule has 2 amide bonds. The fraction of sp³-hybridized carbons (Fsp3) is 0.773. The molecular weight excluding hydrogens is 370 g/mol. The van der Waals surface area contributed by atoms with E-state index in [9.17, 15) is 9.59 Å². The highest BCUT2D eigenvalue weighted by molar-refractivity contribution is 7.09. The molecule has 1 N–H and O–H groups in total. The number of carbonyl (C=O) groups excluding carboxylic acids is 2. The Labute approximate surface area is 172 Å². The van der Waals surface area contributed by atoms with Crippen molar-refractivity contribution in [3.05, 3.63) is 16.1 Å². The normalized spacial score (nSPS) is 30.4. The molecule has 0 aromatic carbocycles. The Morgan fingerprint density at radius 3 is 2.36 bits per heavy atom. The van der Waals surface area contributed by atoms with E-state index in [1.807, 2.05) is 17.2 Å². The molecule has 4 saturated carbocycles. The fourth-order valence-electron chi connectivity index (χ4n) is 6.21. The van der Waals surface area contributed by atoms with Crippen molar-refractivity contribution in [3.8, 4) is 0 Å². The van der Waals surface area contributed by atoms with Gasteiger partial charge >= 0.3 is 0 Å². The molecule has 4 aliphatic carbocycles. The van der Waals surface area contributed by atoms with Crippen LogP contribution >= 0.6 is 11.3 Å². The average Bonchev–Trinajstić information content (AvgIpc) is 3.13. The van der Waals surface area contributed by atoms with Gasteiger partial charge in [0.15, 0.2) is 0 Å². The van der Waals surface area contributed by atoms with Crippen LogP contribution in [0.15, 0.2) is 5.38 Å². The maximum atomic E-state index is 13.7. The number of carbonyl (C=O) groups is 2. The van der Waals surface area contributed by atoms with Crippen LogP contribution in [0.5, 0.6) is 0 Å². The van der Waals surface area contributed by atoms with Gasteiger partial charge in [-0.15, -0.1) is 11.3 Å². The van der Waals surface area contributed by atoms with E-state index >= 15 is 0 Å². The molecule has 1 heterocycles. The SMILES string of the molecule is CCCNC(=O)c1csc(CN(CCC)C(=O)C23CC4CC(CC(C4)C2)C3)n1. The van der Waals surface area contributed by atoms with E-state index in [0.717, 1.165) is 61.4 Å². The topological polar surface area (TPSA) is 62.3 Å². The van der Waals surface area contributed by atoms with Gasteiger partial charge in [-0.05, 0) is 69.1 Å². The number of hydrogen-bond acceptors (Lipinski definition) is 4. The molecule has 0 aliphatic heterocycles. The Kier molecular flexibility index (Phi) is 5.77. The molecule has 0 radical (unpaired) electrons. The molecule has 6 heteroatoms. The third-order valence-corrected chi connectivity index (χ3v) is 7.75. The van der Waals surface area contributed by atoms with Gasteiger partial charge in [-0.3, -0.25) is 9.59 Å². The Hall–Kier alpha value is -1.43. The monoisotopic (exact) mass is 403 g/mol. The second-order valence-electron chi connectivity index (χ2n) is 9.31. The second kappa shape index (κ2) is 8.13. The summed E-state index contributed by atoms with van der Waals surface area (Å²) < 4.78 is 0. The summed E-state index contributed by atoms with van der Waals surface area (Å²) in [5.41, 5.74) is 0.370. The molecule has 5 nitrogen and oxygen atoms in total. The van der Waals surface area contributed by atoms with Gasteiger partial charge in [-0.25, -0.2) is 4.98 Å². The van der Waals surface area contributed by atoms with E-state index < -0.39 is 0 Å². The summed E-state index contributed by atoms with van der Waals surface area (Å²) >= 11 is 1.49. The minimum atomic E-state index is -0.112. The summed E-state index contributed by atoms with van der Waals surface area (Å²) in [6.45, 7) is 6.15. The lowest BCUT2D eigenvalue weighted by molar-refractivity contribution is -0.158. The van der Waals surface area contributed by atoms with Gasteiger partial charge in [0, 0.05) is 18.5 Å². The maximum Gasteiger partial charge on any atom is 0.270 e. The van der Waals surface area contributed by atoms with Gasteiger partial charge in [0.05, 0.1) is 12.0 Å². The second-order valence-corrected chi connectivity index (χ2v) is 10.2. The zero-order valence-electron chi connectivity index (χ0n) is 17.2. The smallest absolute Gasteiger partial charge is 0.270 e. The standard InChI is InChI=1S/C22H33N3O2S/c1-3-5-23-20(26)18-14-28-19(24-18)13-25(6-4-2)21(27)22-10-15-7-16(11-22)9-17(8-15)12-22/h14-17H,3-13H2,1-2H3,(H,23,26). The first-order valence-electron chi connectivity index (χ1n) is 11.0. The largest absolute Gasteiger partial charge is 0.351 e. The molecule has 4 bridgehead atoms. The molecule has 154 valence electrons. The lowest BCUT2D eigenvalue weighted by Gasteiger charge is -2.56. The first-order chi connectivity index (χ1) is 13.5. The lowest BCUT2D eigenvalue weighted by Crippen LogP contribution is -2.54. The van der Waals surface area contributed by atoms with E-state index in [4.69, 9.17) is 0 Å². The van der Waals surface area contributed by atoms with Crippen molar-refractivity contribution in [3.63, 3.8) is 0 Å². The zero-order chi connectivity index (χ0) is 19.7. The van der Waals surface area contributed by atoms with E-state index in [0.29, 0.717) is 24.7 Å². The van der Waals surface area contributed by atoms with Crippen LogP contribution in [0.3, 0.4) is 0 Å². The number of nitrogens with zero attached hydrogens (tertiary/aromatic N) is 2. The van der Waals surface area contributed by atoms with Crippen LogP contribution in [-0.2, 0) is 11.3 Å². The highest BCUT2D eigenvalue weighted by Gasteiger charge is 2.55. The molecule has 4 aliphatic rings. The van der Waals surface area contributed by atoms with Crippen LogP contribution in [0, 0.1) is 23.2 Å². The Morgan fingerprint density at radius 1 is 1.14 bits per heavy atom. The van der Waals surface area contributed by atoms with Crippen LogP contribution < -0.4 is 5.32 Å². The van der Waals surface area contributed by atoms with Gasteiger partial charge in [0.25, 0.3) is 5.91 Å². The predicted molar refractivity (Wildman–Crippen MR) is 111 cm³/mol. The summed E-state index contributed by atoms with van der Waals surface area (Å²) in [6, 6.07) is 0. The summed E-state index contributed by atoms with van der Waals surface area (Å²) in [5, 5.41) is 5.56. The molecule has 5 rings (SSSR count). The number of rotatable bonds is 8. The number of aromatic nitrogens is 1. The molecule has 0 saturated heterocycles. The van der Waals surface area contributed by atoms with Crippen LogP contribution in [0.2, 0.25) is 0 Å². The molecule has 28 heavy (non-hydrogen) atoms. The Bertz CT molecular complexity index is 694. The average molecular weight is 404 g/mol. The molecule has 0 atom stereocenters. The summed E-state index contributed by atoms with van der Waals surface area (Å²) in [6.07, 6.45) is 9.21. The van der Waals surface area contributed by atoms with E-state index in [1.54, 1.807) is 0 Å². The molecule has 4 fully saturated rings. The minimum absolute atomic E-state index is 0.109. The molecule has 0 spiro atoms. The Balaban J connectivity index is 1.46.